The molecule has 0 unspecified atom stereocenters. The maximum absolute atomic E-state index is 11.5. The van der Waals surface area contributed by atoms with Crippen LogP contribution in [0, 0.1) is 12.3 Å². The molecule has 0 radical (unpaired) electrons. The number of anilines is 4. The molecule has 0 aliphatic rings. The van der Waals surface area contributed by atoms with Crippen LogP contribution < -0.4 is 16.0 Å². The number of aromatic nitrogens is 2. The quantitative estimate of drug-likeness (QED) is 0.483. The summed E-state index contributed by atoms with van der Waals surface area (Å²) in [4.78, 5) is 20.0. The van der Waals surface area contributed by atoms with E-state index in [1.54, 1.807) is 30.5 Å². The fraction of sp³-hybridized carbons (Fsp3) is 0.118. The summed E-state index contributed by atoms with van der Waals surface area (Å²) in [5.41, 5.74) is 1.36. The minimum absolute atomic E-state index is 0.155. The summed E-state index contributed by atoms with van der Waals surface area (Å²) >= 11 is 3.35. The van der Waals surface area contributed by atoms with E-state index in [0.29, 0.717) is 28.5 Å². The Bertz CT molecular complexity index is 787. The van der Waals surface area contributed by atoms with Gasteiger partial charge in [-0.05, 0) is 40.2 Å². The van der Waals surface area contributed by atoms with Gasteiger partial charge in [0.15, 0.2) is 0 Å². The third-order valence-electron chi connectivity index (χ3n) is 2.82. The molecule has 25 heavy (non-hydrogen) atoms. The maximum Gasteiger partial charge on any atom is 0.411 e. The fourth-order valence-electron chi connectivity index (χ4n) is 1.74. The van der Waals surface area contributed by atoms with Gasteiger partial charge >= 0.3 is 6.09 Å². The number of hydrogen-bond donors (Lipinski definition) is 3. The van der Waals surface area contributed by atoms with Crippen LogP contribution in [0.4, 0.5) is 27.9 Å². The summed E-state index contributed by atoms with van der Waals surface area (Å²) in [5, 5.41) is 8.67. The molecule has 7 nitrogen and oxygen atoms in total. The number of rotatable bonds is 7. The number of nitrogens with one attached hydrogen (secondary N) is 3. The second-order valence-electron chi connectivity index (χ2n) is 4.66. The molecule has 8 heteroatoms. The second-order valence-corrected chi connectivity index (χ2v) is 5.52. The summed E-state index contributed by atoms with van der Waals surface area (Å²) in [6.45, 7) is 3.99. The molecule has 0 aliphatic heterocycles. The van der Waals surface area contributed by atoms with E-state index in [-0.39, 0.29) is 6.61 Å². The summed E-state index contributed by atoms with van der Waals surface area (Å²) in [5.74, 6) is 3.49. The zero-order valence-corrected chi connectivity index (χ0v) is 14.8. The van der Waals surface area contributed by atoms with Crippen molar-refractivity contribution < 1.29 is 9.53 Å². The van der Waals surface area contributed by atoms with E-state index < -0.39 is 6.09 Å². The Morgan fingerprint density at radius 3 is 2.76 bits per heavy atom. The highest BCUT2D eigenvalue weighted by Crippen LogP contribution is 2.22. The van der Waals surface area contributed by atoms with Crippen LogP contribution in [-0.4, -0.2) is 29.2 Å². The van der Waals surface area contributed by atoms with Crippen molar-refractivity contribution in [3.63, 3.8) is 0 Å². The molecule has 1 amide bonds. The number of ether oxygens (including phenoxy) is 1. The molecule has 0 atom stereocenters. The van der Waals surface area contributed by atoms with Crippen LogP contribution in [0.1, 0.15) is 0 Å². The predicted octanol–water partition coefficient (Wildman–Crippen LogP) is 3.76. The first-order chi connectivity index (χ1) is 12.1. The zero-order chi connectivity index (χ0) is 18.1. The molecular formula is C17H16BrN5O2. The lowest BCUT2D eigenvalue weighted by Gasteiger charge is -2.10. The van der Waals surface area contributed by atoms with Crippen molar-refractivity contribution in [2.75, 3.05) is 29.1 Å². The number of nitrogens with zero attached hydrogens (tertiary/aromatic N) is 2. The molecule has 0 bridgehead atoms. The molecule has 0 aliphatic carbocycles. The van der Waals surface area contributed by atoms with Crippen LogP contribution in [0.15, 0.2) is 47.6 Å². The number of benzene rings is 1. The molecule has 128 valence electrons. The van der Waals surface area contributed by atoms with Gasteiger partial charge in [-0.3, -0.25) is 5.32 Å². The van der Waals surface area contributed by atoms with Crippen LogP contribution in [0.25, 0.3) is 0 Å². The summed E-state index contributed by atoms with van der Waals surface area (Å²) in [7, 11) is 0. The van der Waals surface area contributed by atoms with Gasteiger partial charge < -0.3 is 15.4 Å². The van der Waals surface area contributed by atoms with Gasteiger partial charge in [0, 0.05) is 17.6 Å². The second kappa shape index (κ2) is 9.30. The Morgan fingerprint density at radius 2 is 2.08 bits per heavy atom. The molecule has 3 N–H and O–H groups in total. The smallest absolute Gasteiger partial charge is 0.411 e. The van der Waals surface area contributed by atoms with Gasteiger partial charge in [-0.1, -0.05) is 18.6 Å². The topological polar surface area (TPSA) is 88.2 Å². The first-order valence-electron chi connectivity index (χ1n) is 7.24. The zero-order valence-electron chi connectivity index (χ0n) is 13.3. The van der Waals surface area contributed by atoms with Crippen molar-refractivity contribution in [3.05, 3.63) is 47.6 Å². The number of halogens is 1. The van der Waals surface area contributed by atoms with Crippen LogP contribution in [0.2, 0.25) is 0 Å². The first-order valence-corrected chi connectivity index (χ1v) is 8.03. The van der Waals surface area contributed by atoms with Gasteiger partial charge in [-0.15, -0.1) is 6.42 Å². The molecule has 0 saturated carbocycles. The van der Waals surface area contributed by atoms with E-state index in [4.69, 9.17) is 11.2 Å². The minimum Gasteiger partial charge on any atom is -0.445 e. The van der Waals surface area contributed by atoms with Crippen LogP contribution >= 0.6 is 15.9 Å². The SMILES string of the molecule is C#CCNc1nc(Nc2ccc(NC(=O)OCC=C)cc2)ncc1Br. The van der Waals surface area contributed by atoms with Crippen molar-refractivity contribution in [2.45, 2.75) is 0 Å². The molecular weight excluding hydrogens is 386 g/mol. The highest BCUT2D eigenvalue weighted by Gasteiger charge is 2.06. The predicted molar refractivity (Wildman–Crippen MR) is 102 cm³/mol. The Morgan fingerprint density at radius 1 is 1.36 bits per heavy atom. The van der Waals surface area contributed by atoms with Gasteiger partial charge in [-0.25, -0.2) is 9.78 Å². The van der Waals surface area contributed by atoms with E-state index in [1.165, 1.54) is 6.08 Å². The van der Waals surface area contributed by atoms with Gasteiger partial charge in [0.05, 0.1) is 11.0 Å². The van der Waals surface area contributed by atoms with Crippen molar-refractivity contribution in [3.8, 4) is 12.3 Å². The first kappa shape index (κ1) is 18.3. The Hall–Kier alpha value is -3.05. The molecule has 1 aromatic heterocycles. The molecule has 2 aromatic rings. The van der Waals surface area contributed by atoms with E-state index >= 15 is 0 Å². The number of carbonyl (C=O) groups excluding carboxylic acids is 1. The maximum atomic E-state index is 11.5. The summed E-state index contributed by atoms with van der Waals surface area (Å²) in [6.07, 6.45) is 7.81. The lowest BCUT2D eigenvalue weighted by Crippen LogP contribution is -2.13. The van der Waals surface area contributed by atoms with E-state index in [2.05, 4.69) is 54.3 Å². The molecule has 1 heterocycles. The molecule has 0 saturated heterocycles. The third kappa shape index (κ3) is 5.82. The van der Waals surface area contributed by atoms with Gasteiger partial charge in [0.2, 0.25) is 5.95 Å². The highest BCUT2D eigenvalue weighted by atomic mass is 79.9. The fourth-order valence-corrected chi connectivity index (χ4v) is 2.07. The summed E-state index contributed by atoms with van der Waals surface area (Å²) in [6, 6.07) is 7.02. The lowest BCUT2D eigenvalue weighted by molar-refractivity contribution is 0.174. The molecule has 0 fully saturated rings. The van der Waals surface area contributed by atoms with Crippen molar-refractivity contribution in [1.82, 2.24) is 9.97 Å². The number of terminal acetylenes is 1. The Kier molecular flexibility index (Phi) is 6.80. The average Bonchev–Trinajstić information content (AvgIpc) is 2.62. The standard InChI is InChI=1S/C17H16BrN5O2/c1-3-9-19-15-14(18)11-20-16(23-15)21-12-5-7-13(8-6-12)22-17(24)25-10-4-2/h1,4-8,11H,2,9-10H2,(H,22,24)(H2,19,20,21,23). The van der Waals surface area contributed by atoms with Gasteiger partial charge in [0.1, 0.15) is 12.4 Å². The lowest BCUT2D eigenvalue weighted by atomic mass is 10.3. The molecule has 0 spiro atoms. The largest absolute Gasteiger partial charge is 0.445 e. The van der Waals surface area contributed by atoms with E-state index in [9.17, 15) is 4.79 Å². The van der Waals surface area contributed by atoms with E-state index in [1.807, 2.05) is 0 Å². The third-order valence-corrected chi connectivity index (χ3v) is 3.40. The van der Waals surface area contributed by atoms with Gasteiger partial charge in [0.25, 0.3) is 0 Å². The van der Waals surface area contributed by atoms with Crippen LogP contribution in [0.5, 0.6) is 0 Å². The van der Waals surface area contributed by atoms with Crippen molar-refractivity contribution in [2.24, 2.45) is 0 Å². The average molecular weight is 402 g/mol. The van der Waals surface area contributed by atoms with Gasteiger partial charge in [-0.2, -0.15) is 4.98 Å². The van der Waals surface area contributed by atoms with Crippen molar-refractivity contribution >= 4 is 45.2 Å². The minimum atomic E-state index is -0.541. The highest BCUT2D eigenvalue weighted by molar-refractivity contribution is 9.10. The monoisotopic (exact) mass is 401 g/mol. The number of carbonyl (C=O) groups is 1. The Labute approximate surface area is 154 Å². The molecule has 2 rings (SSSR count). The van der Waals surface area contributed by atoms with Crippen molar-refractivity contribution in [1.29, 1.82) is 0 Å². The van der Waals surface area contributed by atoms with Crippen LogP contribution in [0.3, 0.4) is 0 Å². The normalized spacial score (nSPS) is 9.60. The molecule has 1 aromatic carbocycles. The van der Waals surface area contributed by atoms with E-state index in [0.717, 1.165) is 5.69 Å². The number of amides is 1. The summed E-state index contributed by atoms with van der Waals surface area (Å²) < 4.78 is 5.56. The Balaban J connectivity index is 2.00. The number of hydrogen-bond acceptors (Lipinski definition) is 6. The van der Waals surface area contributed by atoms with Crippen LogP contribution in [-0.2, 0) is 4.74 Å².